The van der Waals surface area contributed by atoms with E-state index in [-0.39, 0.29) is 16.9 Å². The molecule has 0 bridgehead atoms. The van der Waals surface area contributed by atoms with E-state index < -0.39 is 39.0 Å². The van der Waals surface area contributed by atoms with Crippen molar-refractivity contribution < 1.29 is 31.1 Å². The van der Waals surface area contributed by atoms with Gasteiger partial charge in [0.1, 0.15) is 0 Å². The largest absolute Gasteiger partial charge is 0.447 e. The van der Waals surface area contributed by atoms with Crippen LogP contribution >= 0.6 is 0 Å². The third-order valence-electron chi connectivity index (χ3n) is 5.70. The van der Waals surface area contributed by atoms with Crippen LogP contribution in [-0.4, -0.2) is 27.7 Å². The Morgan fingerprint density at radius 3 is 2.24 bits per heavy atom. The zero-order valence-corrected chi connectivity index (χ0v) is 19.8. The van der Waals surface area contributed by atoms with Gasteiger partial charge in [-0.1, -0.05) is 49.4 Å². The third kappa shape index (κ3) is 5.42. The van der Waals surface area contributed by atoms with Gasteiger partial charge in [0, 0.05) is 13.3 Å². The highest BCUT2D eigenvalue weighted by Gasteiger charge is 2.35. The first-order valence-corrected chi connectivity index (χ1v) is 12.3. The first-order valence-electron chi connectivity index (χ1n) is 10.7. The van der Waals surface area contributed by atoms with Crippen molar-refractivity contribution in [2.24, 2.45) is 0 Å². The lowest BCUT2D eigenvalue weighted by Gasteiger charge is -2.25. The van der Waals surface area contributed by atoms with Gasteiger partial charge >= 0.3 is 12.1 Å². The molecular weight excluding hydrogens is 467 g/mol. The van der Waals surface area contributed by atoms with Crippen molar-refractivity contribution in [2.75, 3.05) is 7.05 Å². The van der Waals surface area contributed by atoms with E-state index in [0.29, 0.717) is 12.0 Å². The number of alkyl halides is 3. The second kappa shape index (κ2) is 10.1. The van der Waals surface area contributed by atoms with Gasteiger partial charge in [-0.2, -0.15) is 13.2 Å². The Labute approximate surface area is 196 Å². The molecule has 5 nitrogen and oxygen atoms in total. The predicted octanol–water partition coefficient (Wildman–Crippen LogP) is 5.43. The molecule has 1 N–H and O–H groups in total. The molecule has 3 aromatic rings. The zero-order chi connectivity index (χ0) is 25.1. The van der Waals surface area contributed by atoms with Gasteiger partial charge in [-0.3, -0.25) is 10.1 Å². The first-order chi connectivity index (χ1) is 16.0. The monoisotopic (exact) mass is 493 g/mol. The molecule has 0 aromatic heterocycles. The number of aryl methyl sites for hydroxylation is 1. The summed E-state index contributed by atoms with van der Waals surface area (Å²) >= 11 is 0. The lowest BCUT2D eigenvalue weighted by Crippen LogP contribution is -2.33. The molecule has 0 aliphatic rings. The van der Waals surface area contributed by atoms with Gasteiger partial charge in [0.05, 0.1) is 15.7 Å². The number of halogens is 3. The number of hydrogen-bond acceptors (Lipinski definition) is 5. The van der Waals surface area contributed by atoms with E-state index >= 15 is 0 Å². The fraction of sp³-hybridized carbons (Fsp3) is 0.320. The Hall–Kier alpha value is -2.91. The maximum Gasteiger partial charge on any atom is 0.416 e. The number of fused-ring (bicyclic) bond motifs is 1. The zero-order valence-electron chi connectivity index (χ0n) is 19.0. The summed E-state index contributed by atoms with van der Waals surface area (Å²) in [7, 11) is -2.58. The lowest BCUT2D eigenvalue weighted by molar-refractivity contribution is -0.148. The highest BCUT2D eigenvalue weighted by molar-refractivity contribution is 7.91. The van der Waals surface area contributed by atoms with Crippen molar-refractivity contribution in [3.8, 4) is 0 Å². The van der Waals surface area contributed by atoms with Crippen molar-refractivity contribution in [3.05, 3.63) is 77.4 Å². The number of sulfone groups is 1. The number of ether oxygens (including phenoxy) is 1. The second-order valence-electron chi connectivity index (χ2n) is 7.89. The smallest absolute Gasteiger partial charge is 0.416 e. The second-order valence-corrected chi connectivity index (χ2v) is 9.99. The average Bonchev–Trinajstić information content (AvgIpc) is 2.80. The van der Waals surface area contributed by atoms with Gasteiger partial charge in [-0.25, -0.2) is 8.42 Å². The molecule has 182 valence electrons. The molecule has 0 saturated carbocycles. The minimum absolute atomic E-state index is 0.108. The van der Waals surface area contributed by atoms with Crippen LogP contribution in [-0.2, 0) is 32.0 Å². The molecule has 2 unspecified atom stereocenters. The number of esters is 1. The maximum atomic E-state index is 14.0. The van der Waals surface area contributed by atoms with Gasteiger partial charge < -0.3 is 4.74 Å². The van der Waals surface area contributed by atoms with Crippen molar-refractivity contribution in [3.63, 3.8) is 0 Å². The van der Waals surface area contributed by atoms with Crippen LogP contribution in [0.3, 0.4) is 0 Å². The van der Waals surface area contributed by atoms with E-state index in [2.05, 4.69) is 5.32 Å². The summed E-state index contributed by atoms with van der Waals surface area (Å²) < 4.78 is 72.4. The molecule has 0 fully saturated rings. The van der Waals surface area contributed by atoms with Gasteiger partial charge in [-0.15, -0.1) is 0 Å². The molecule has 0 saturated heterocycles. The molecule has 2 atom stereocenters. The summed E-state index contributed by atoms with van der Waals surface area (Å²) in [6.45, 7) is 3.05. The van der Waals surface area contributed by atoms with Gasteiger partial charge in [0.2, 0.25) is 0 Å². The number of hydrogen-bond donors (Lipinski definition) is 1. The third-order valence-corrected chi connectivity index (χ3v) is 7.91. The SMILES string of the molecule is CCc1c(S(=O)(=O)C(CC(NC)OC(C)=O)c2ccc(C(F)(F)F)cc2)ccc2ccccc12. The summed E-state index contributed by atoms with van der Waals surface area (Å²) in [5.41, 5.74) is -0.0726. The van der Waals surface area contributed by atoms with E-state index in [1.807, 2.05) is 31.2 Å². The highest BCUT2D eigenvalue weighted by atomic mass is 32.2. The first kappa shape index (κ1) is 25.7. The standard InChI is InChI=1S/C25H26F3NO4S/c1-4-20-21-8-6-5-7-17(21)11-14-22(20)34(31,32)23(15-24(29-3)33-16(2)30)18-9-12-19(13-10-18)25(26,27)28/h5-14,23-24,29H,4,15H2,1-3H3. The number of nitrogens with one attached hydrogen (secondary N) is 1. The van der Waals surface area contributed by atoms with Crippen LogP contribution < -0.4 is 5.32 Å². The fourth-order valence-electron chi connectivity index (χ4n) is 4.05. The van der Waals surface area contributed by atoms with Gasteiger partial charge in [-0.05, 0) is 53.6 Å². The molecule has 3 aromatic carbocycles. The number of benzene rings is 3. The maximum absolute atomic E-state index is 14.0. The Kier molecular flexibility index (Phi) is 7.67. The minimum atomic E-state index is -4.55. The quantitative estimate of drug-likeness (QED) is 0.334. The number of carbonyl (C=O) groups is 1. The van der Waals surface area contributed by atoms with Crippen LogP contribution in [0, 0.1) is 0 Å². The highest BCUT2D eigenvalue weighted by Crippen LogP contribution is 2.38. The normalized spacial score (nSPS) is 14.1. The van der Waals surface area contributed by atoms with Crippen LogP contribution in [0.1, 0.15) is 42.2 Å². The van der Waals surface area contributed by atoms with Crippen LogP contribution in [0.15, 0.2) is 65.6 Å². The molecule has 0 aliphatic carbocycles. The predicted molar refractivity (Wildman–Crippen MR) is 124 cm³/mol. The number of rotatable bonds is 8. The summed E-state index contributed by atoms with van der Waals surface area (Å²) in [5.74, 6) is -0.608. The summed E-state index contributed by atoms with van der Waals surface area (Å²) in [5, 5.41) is 3.19. The van der Waals surface area contributed by atoms with Crippen LogP contribution in [0.2, 0.25) is 0 Å². The molecule has 9 heteroatoms. The molecule has 0 radical (unpaired) electrons. The van der Waals surface area contributed by atoms with Gasteiger partial charge in [0.25, 0.3) is 0 Å². The van der Waals surface area contributed by atoms with Crippen LogP contribution in [0.25, 0.3) is 10.8 Å². The Morgan fingerprint density at radius 2 is 1.68 bits per heavy atom. The molecule has 34 heavy (non-hydrogen) atoms. The van der Waals surface area contributed by atoms with E-state index in [1.54, 1.807) is 6.07 Å². The average molecular weight is 494 g/mol. The van der Waals surface area contributed by atoms with E-state index in [1.165, 1.54) is 20.0 Å². The topological polar surface area (TPSA) is 72.5 Å². The lowest BCUT2D eigenvalue weighted by atomic mass is 10.0. The molecule has 0 aliphatic heterocycles. The van der Waals surface area contributed by atoms with E-state index in [0.717, 1.165) is 35.0 Å². The fourth-order valence-corrected chi connectivity index (χ4v) is 6.15. The molecule has 0 heterocycles. The van der Waals surface area contributed by atoms with E-state index in [9.17, 15) is 26.4 Å². The molecule has 0 amide bonds. The Balaban J connectivity index is 2.17. The minimum Gasteiger partial charge on any atom is -0.447 e. The molecule has 3 rings (SSSR count). The number of carbonyl (C=O) groups excluding carboxylic acids is 1. The molecular formula is C25H26F3NO4S. The van der Waals surface area contributed by atoms with Crippen molar-refractivity contribution in [1.82, 2.24) is 5.32 Å². The van der Waals surface area contributed by atoms with Crippen molar-refractivity contribution in [1.29, 1.82) is 0 Å². The Bertz CT molecular complexity index is 1270. The summed E-state index contributed by atoms with van der Waals surface area (Å²) in [6.07, 6.45) is -5.24. The van der Waals surface area contributed by atoms with Crippen LogP contribution in [0.5, 0.6) is 0 Å². The van der Waals surface area contributed by atoms with Crippen molar-refractivity contribution in [2.45, 2.75) is 49.2 Å². The van der Waals surface area contributed by atoms with Crippen LogP contribution in [0.4, 0.5) is 13.2 Å². The van der Waals surface area contributed by atoms with Crippen molar-refractivity contribution >= 4 is 26.6 Å². The molecule has 0 spiro atoms. The summed E-state index contributed by atoms with van der Waals surface area (Å²) in [4.78, 5) is 11.6. The summed E-state index contributed by atoms with van der Waals surface area (Å²) in [6, 6.07) is 14.7. The van der Waals surface area contributed by atoms with E-state index in [4.69, 9.17) is 4.74 Å². The Morgan fingerprint density at radius 1 is 1.03 bits per heavy atom. The van der Waals surface area contributed by atoms with Gasteiger partial charge in [0.15, 0.2) is 16.1 Å².